The van der Waals surface area contributed by atoms with Gasteiger partial charge in [-0.05, 0) is 59.0 Å². The first-order valence-corrected chi connectivity index (χ1v) is 8.18. The number of phenols is 1. The summed E-state index contributed by atoms with van der Waals surface area (Å²) in [5, 5.41) is 10.5. The van der Waals surface area contributed by atoms with Crippen LogP contribution in [0.5, 0.6) is 11.6 Å². The van der Waals surface area contributed by atoms with Crippen LogP contribution in [0.2, 0.25) is 0 Å². The zero-order chi connectivity index (χ0) is 16.8. The van der Waals surface area contributed by atoms with Crippen molar-refractivity contribution in [3.8, 4) is 11.6 Å². The van der Waals surface area contributed by atoms with Gasteiger partial charge in [-0.15, -0.1) is 12.4 Å². The third-order valence-corrected chi connectivity index (χ3v) is 5.21. The van der Waals surface area contributed by atoms with E-state index in [1.807, 2.05) is 18.2 Å². The molecule has 1 aliphatic heterocycles. The van der Waals surface area contributed by atoms with Crippen molar-refractivity contribution in [2.75, 3.05) is 7.05 Å². The summed E-state index contributed by atoms with van der Waals surface area (Å²) >= 11 is 0. The molecule has 2 heterocycles. The molecule has 132 valence electrons. The Morgan fingerprint density at radius 3 is 2.33 bits per heavy atom. The molecular weight excluding hydrogens is 324 g/mol. The Labute approximate surface area is 150 Å². The fourth-order valence-electron chi connectivity index (χ4n) is 3.69. The largest absolute Gasteiger partial charge is 0.508 e. The van der Waals surface area contributed by atoms with Crippen molar-refractivity contribution in [3.63, 3.8) is 0 Å². The van der Waals surface area contributed by atoms with Gasteiger partial charge in [-0.3, -0.25) is 4.90 Å². The molecule has 5 heteroatoms. The van der Waals surface area contributed by atoms with E-state index in [1.165, 1.54) is 0 Å². The molecule has 1 saturated heterocycles. The van der Waals surface area contributed by atoms with E-state index in [0.717, 1.165) is 23.7 Å². The first-order chi connectivity index (χ1) is 10.7. The molecule has 24 heavy (non-hydrogen) atoms. The zero-order valence-electron chi connectivity index (χ0n) is 15.0. The quantitative estimate of drug-likeness (QED) is 0.872. The minimum Gasteiger partial charge on any atom is -0.508 e. The molecule has 1 aromatic carbocycles. The number of halogens is 1. The van der Waals surface area contributed by atoms with Crippen molar-refractivity contribution in [1.82, 2.24) is 9.88 Å². The van der Waals surface area contributed by atoms with Crippen molar-refractivity contribution < 1.29 is 9.84 Å². The summed E-state index contributed by atoms with van der Waals surface area (Å²) < 4.78 is 6.21. The summed E-state index contributed by atoms with van der Waals surface area (Å²) in [6.45, 7) is 9.06. The van der Waals surface area contributed by atoms with Crippen molar-refractivity contribution in [3.05, 3.63) is 30.3 Å². The normalized spacial score (nSPS) is 20.5. The molecule has 1 N–H and O–H groups in total. The van der Waals surface area contributed by atoms with Crippen LogP contribution in [-0.4, -0.2) is 39.2 Å². The molecule has 0 bridgehead atoms. The van der Waals surface area contributed by atoms with Crippen molar-refractivity contribution in [2.24, 2.45) is 0 Å². The number of pyridine rings is 1. The molecule has 0 amide bonds. The molecule has 1 aromatic heterocycles. The van der Waals surface area contributed by atoms with Gasteiger partial charge in [0.1, 0.15) is 11.9 Å². The van der Waals surface area contributed by atoms with E-state index in [0.29, 0.717) is 5.88 Å². The first kappa shape index (κ1) is 18.8. The number of phenolic OH excluding ortho intramolecular Hbond substituents is 1. The van der Waals surface area contributed by atoms with Gasteiger partial charge in [-0.1, -0.05) is 0 Å². The molecule has 0 unspecified atom stereocenters. The van der Waals surface area contributed by atoms with Crippen LogP contribution in [0.4, 0.5) is 0 Å². The van der Waals surface area contributed by atoms with Gasteiger partial charge in [0.2, 0.25) is 5.88 Å². The number of hydrogen-bond acceptors (Lipinski definition) is 4. The molecule has 0 atom stereocenters. The summed E-state index contributed by atoms with van der Waals surface area (Å²) in [6, 6.07) is 9.03. The number of nitrogens with zero attached hydrogens (tertiary/aromatic N) is 2. The second kappa shape index (κ2) is 6.41. The lowest BCUT2D eigenvalue weighted by atomic mass is 9.79. The lowest BCUT2D eigenvalue weighted by Gasteiger charge is -2.53. The van der Waals surface area contributed by atoms with Crippen LogP contribution < -0.4 is 4.74 Å². The maximum absolute atomic E-state index is 9.54. The summed E-state index contributed by atoms with van der Waals surface area (Å²) in [7, 11) is 2.19. The molecule has 2 aromatic rings. The number of aromatic nitrogens is 1. The highest BCUT2D eigenvalue weighted by Crippen LogP contribution is 2.38. The van der Waals surface area contributed by atoms with E-state index < -0.39 is 0 Å². The number of piperidine rings is 1. The molecule has 0 spiro atoms. The average molecular weight is 351 g/mol. The van der Waals surface area contributed by atoms with E-state index in [4.69, 9.17) is 4.74 Å². The predicted octanol–water partition coefficient (Wildman–Crippen LogP) is 4.39. The Balaban J connectivity index is 0.00000208. The fourth-order valence-corrected chi connectivity index (χ4v) is 3.69. The van der Waals surface area contributed by atoms with Gasteiger partial charge in [-0.25, -0.2) is 4.98 Å². The van der Waals surface area contributed by atoms with Crippen LogP contribution in [0, 0.1) is 0 Å². The highest BCUT2D eigenvalue weighted by Gasteiger charge is 2.44. The SMILES string of the molecule is CN1C(C)(C)CC(Oc2ccc3cc(O)ccc3n2)CC1(C)C.Cl. The van der Waals surface area contributed by atoms with E-state index >= 15 is 0 Å². The predicted molar refractivity (Wildman–Crippen MR) is 100 cm³/mol. The Bertz CT molecular complexity index is 712. The van der Waals surface area contributed by atoms with Gasteiger partial charge in [0.05, 0.1) is 5.52 Å². The highest BCUT2D eigenvalue weighted by atomic mass is 35.5. The van der Waals surface area contributed by atoms with Crippen LogP contribution >= 0.6 is 12.4 Å². The van der Waals surface area contributed by atoms with Crippen molar-refractivity contribution in [2.45, 2.75) is 57.7 Å². The molecular formula is C19H27ClN2O2. The molecule has 0 aliphatic carbocycles. The first-order valence-electron chi connectivity index (χ1n) is 8.18. The van der Waals surface area contributed by atoms with Gasteiger partial charge in [0.15, 0.2) is 0 Å². The molecule has 1 fully saturated rings. The van der Waals surface area contributed by atoms with Gasteiger partial charge in [-0.2, -0.15) is 0 Å². The smallest absolute Gasteiger partial charge is 0.214 e. The standard InChI is InChI=1S/C19H26N2O2.ClH/c1-18(2)11-15(12-19(3,4)21(18)5)23-17-9-6-13-10-14(22)7-8-16(13)20-17;/h6-10,15,22H,11-12H2,1-5H3;1H. The Morgan fingerprint density at radius 2 is 1.71 bits per heavy atom. The molecule has 4 nitrogen and oxygen atoms in total. The van der Waals surface area contributed by atoms with Gasteiger partial charge >= 0.3 is 0 Å². The molecule has 1 aliphatic rings. The second-order valence-electron chi connectivity index (χ2n) is 7.86. The number of hydrogen-bond donors (Lipinski definition) is 1. The molecule has 0 radical (unpaired) electrons. The summed E-state index contributed by atoms with van der Waals surface area (Å²) in [4.78, 5) is 7.02. The van der Waals surface area contributed by atoms with Gasteiger partial charge in [0.25, 0.3) is 0 Å². The van der Waals surface area contributed by atoms with Crippen molar-refractivity contribution >= 4 is 23.3 Å². The summed E-state index contributed by atoms with van der Waals surface area (Å²) in [5.74, 6) is 0.913. The number of rotatable bonds is 2. The number of fused-ring (bicyclic) bond motifs is 1. The van der Waals surface area contributed by atoms with Gasteiger partial charge in [0, 0.05) is 35.4 Å². The highest BCUT2D eigenvalue weighted by molar-refractivity contribution is 5.85. The van der Waals surface area contributed by atoms with Crippen LogP contribution in [0.3, 0.4) is 0 Å². The minimum absolute atomic E-state index is 0. The number of likely N-dealkylation sites (tertiary alicyclic amines) is 1. The van der Waals surface area contributed by atoms with Crippen LogP contribution in [-0.2, 0) is 0 Å². The maximum Gasteiger partial charge on any atom is 0.214 e. The van der Waals surface area contributed by atoms with E-state index in [-0.39, 0.29) is 35.3 Å². The minimum atomic E-state index is 0. The summed E-state index contributed by atoms with van der Waals surface area (Å²) in [5.41, 5.74) is 1.02. The number of aromatic hydroxyl groups is 1. The van der Waals surface area contributed by atoms with Gasteiger partial charge < -0.3 is 9.84 Å². The van der Waals surface area contributed by atoms with E-state index in [1.54, 1.807) is 12.1 Å². The van der Waals surface area contributed by atoms with Crippen molar-refractivity contribution in [1.29, 1.82) is 0 Å². The number of benzene rings is 1. The topological polar surface area (TPSA) is 45.6 Å². The Hall–Kier alpha value is -1.52. The fraction of sp³-hybridized carbons (Fsp3) is 0.526. The van der Waals surface area contributed by atoms with Crippen LogP contribution in [0.25, 0.3) is 10.9 Å². The lowest BCUT2D eigenvalue weighted by molar-refractivity contribution is -0.0566. The van der Waals surface area contributed by atoms with E-state index in [9.17, 15) is 5.11 Å². The average Bonchev–Trinajstić information content (AvgIpc) is 2.44. The third-order valence-electron chi connectivity index (χ3n) is 5.21. The Kier molecular flexibility index (Phi) is 5.03. The maximum atomic E-state index is 9.54. The lowest BCUT2D eigenvalue weighted by Crippen LogP contribution is -2.60. The third kappa shape index (κ3) is 3.60. The van der Waals surface area contributed by atoms with Crippen LogP contribution in [0.15, 0.2) is 30.3 Å². The second-order valence-corrected chi connectivity index (χ2v) is 7.86. The number of ether oxygens (including phenoxy) is 1. The molecule has 0 saturated carbocycles. The monoisotopic (exact) mass is 350 g/mol. The summed E-state index contributed by atoms with van der Waals surface area (Å²) in [6.07, 6.45) is 2.10. The van der Waals surface area contributed by atoms with Crippen LogP contribution in [0.1, 0.15) is 40.5 Å². The molecule has 3 rings (SSSR count). The zero-order valence-corrected chi connectivity index (χ0v) is 15.9. The Morgan fingerprint density at radius 1 is 1.08 bits per heavy atom. The van der Waals surface area contributed by atoms with E-state index in [2.05, 4.69) is 44.6 Å².